The molecule has 1 amide bonds. The lowest BCUT2D eigenvalue weighted by Crippen LogP contribution is -2.47. The molecule has 1 saturated heterocycles. The van der Waals surface area contributed by atoms with Gasteiger partial charge in [-0.15, -0.1) is 11.3 Å². The number of carboxylic acid groups (broad SMARTS) is 1. The number of anilines is 2. The molecule has 0 unspecified atom stereocenters. The highest BCUT2D eigenvalue weighted by atomic mass is 32.1. The van der Waals surface area contributed by atoms with E-state index in [-0.39, 0.29) is 48.2 Å². The molecular weight excluding hydrogens is 583 g/mol. The molecule has 1 aliphatic heterocycles. The first-order chi connectivity index (χ1) is 20.6. The highest BCUT2D eigenvalue weighted by Gasteiger charge is 2.44. The van der Waals surface area contributed by atoms with Crippen LogP contribution in [0.25, 0.3) is 27.3 Å². The van der Waals surface area contributed by atoms with Crippen LogP contribution in [0.3, 0.4) is 0 Å². The zero-order valence-corrected chi connectivity index (χ0v) is 23.9. The summed E-state index contributed by atoms with van der Waals surface area (Å²) >= 11 is 1.07. The summed E-state index contributed by atoms with van der Waals surface area (Å²) in [6, 6.07) is 12.3. The topological polar surface area (TPSA) is 123 Å². The number of fused-ring (bicyclic) bond motifs is 1. The molecule has 226 valence electrons. The summed E-state index contributed by atoms with van der Waals surface area (Å²) in [6.45, 7) is 0.834. The summed E-state index contributed by atoms with van der Waals surface area (Å²) in [4.78, 5) is 32.9. The number of halogens is 3. The average Bonchev–Trinajstić information content (AvgIpc) is 3.64. The Hall–Kier alpha value is -3.97. The Labute approximate surface area is 249 Å². The standard InChI is InChI=1S/C30H30F3N5O4S/c31-30(32,33)20-7-5-19(6-8-20)28(39)37(21-10-13-42-14-11-21)23-16-24(43-27(23)29(40)41)18-3-1-17(2-4-18)22-15-26-35-12-9-25(34)38(26)36-22/h1-4,9,12,15-16,19-21H,5-8,10-11,13-14,34H2,(H,40,41)/t19-,20-. The number of hydrogen-bond donors (Lipinski definition) is 2. The molecule has 2 aliphatic rings. The van der Waals surface area contributed by atoms with Crippen LogP contribution >= 0.6 is 11.3 Å². The molecule has 1 saturated carbocycles. The molecule has 0 radical (unpaired) electrons. The number of benzene rings is 1. The fraction of sp³-hybridized carbons (Fsp3) is 0.400. The molecule has 0 atom stereocenters. The van der Waals surface area contributed by atoms with Crippen LogP contribution in [0, 0.1) is 11.8 Å². The van der Waals surface area contributed by atoms with Crippen LogP contribution in [0.2, 0.25) is 0 Å². The van der Waals surface area contributed by atoms with Crippen LogP contribution in [0.4, 0.5) is 24.7 Å². The molecule has 43 heavy (non-hydrogen) atoms. The Bertz CT molecular complexity index is 1640. The maximum Gasteiger partial charge on any atom is 0.391 e. The second-order valence-corrected chi connectivity index (χ2v) is 12.1. The van der Waals surface area contributed by atoms with Gasteiger partial charge < -0.3 is 20.5 Å². The van der Waals surface area contributed by atoms with Crippen molar-refractivity contribution in [3.63, 3.8) is 0 Å². The maximum atomic E-state index is 14.0. The Morgan fingerprint density at radius 1 is 1.00 bits per heavy atom. The van der Waals surface area contributed by atoms with Crippen LogP contribution < -0.4 is 10.6 Å². The van der Waals surface area contributed by atoms with E-state index in [0.29, 0.717) is 48.1 Å². The van der Waals surface area contributed by atoms with E-state index in [1.807, 2.05) is 30.3 Å². The molecule has 2 fully saturated rings. The Balaban J connectivity index is 1.31. The zero-order chi connectivity index (χ0) is 30.3. The number of carbonyl (C=O) groups is 2. The van der Waals surface area contributed by atoms with Gasteiger partial charge in [0.1, 0.15) is 10.7 Å². The van der Waals surface area contributed by atoms with E-state index >= 15 is 0 Å². The molecule has 9 nitrogen and oxygen atoms in total. The quantitative estimate of drug-likeness (QED) is 0.262. The fourth-order valence-electron chi connectivity index (χ4n) is 6.02. The summed E-state index contributed by atoms with van der Waals surface area (Å²) in [7, 11) is 0. The van der Waals surface area contributed by atoms with Gasteiger partial charge in [0.15, 0.2) is 5.65 Å². The predicted molar refractivity (Wildman–Crippen MR) is 156 cm³/mol. The van der Waals surface area contributed by atoms with E-state index in [9.17, 15) is 27.9 Å². The lowest BCUT2D eigenvalue weighted by Gasteiger charge is -2.38. The van der Waals surface area contributed by atoms with Gasteiger partial charge in [-0.1, -0.05) is 24.3 Å². The molecule has 13 heteroatoms. The number of aromatic nitrogens is 3. The van der Waals surface area contributed by atoms with Crippen molar-refractivity contribution in [1.82, 2.24) is 14.6 Å². The first-order valence-corrected chi connectivity index (χ1v) is 15.0. The van der Waals surface area contributed by atoms with Crippen molar-refractivity contribution in [3.8, 4) is 21.7 Å². The summed E-state index contributed by atoms with van der Waals surface area (Å²) in [5.74, 6) is -3.03. The number of alkyl halides is 3. The predicted octanol–water partition coefficient (Wildman–Crippen LogP) is 6.29. The van der Waals surface area contributed by atoms with Gasteiger partial charge in [0.2, 0.25) is 5.91 Å². The Morgan fingerprint density at radius 2 is 1.67 bits per heavy atom. The largest absolute Gasteiger partial charge is 0.477 e. The Morgan fingerprint density at radius 3 is 2.30 bits per heavy atom. The maximum absolute atomic E-state index is 14.0. The molecule has 3 aromatic heterocycles. The number of rotatable bonds is 6. The number of nitrogens with two attached hydrogens (primary N) is 1. The number of amides is 1. The highest BCUT2D eigenvalue weighted by molar-refractivity contribution is 7.18. The summed E-state index contributed by atoms with van der Waals surface area (Å²) in [5, 5.41) is 14.7. The van der Waals surface area contributed by atoms with Gasteiger partial charge in [-0.3, -0.25) is 4.79 Å². The highest BCUT2D eigenvalue weighted by Crippen LogP contribution is 2.43. The number of nitrogens with zero attached hydrogens (tertiary/aromatic N) is 4. The Kier molecular flexibility index (Phi) is 7.86. The van der Waals surface area contributed by atoms with E-state index in [2.05, 4.69) is 10.1 Å². The minimum atomic E-state index is -4.28. The van der Waals surface area contributed by atoms with Crippen molar-refractivity contribution in [2.24, 2.45) is 11.8 Å². The fourth-order valence-corrected chi connectivity index (χ4v) is 7.01. The molecule has 3 N–H and O–H groups in total. The average molecular weight is 614 g/mol. The first-order valence-electron chi connectivity index (χ1n) is 14.2. The lowest BCUT2D eigenvalue weighted by atomic mass is 9.80. The van der Waals surface area contributed by atoms with E-state index in [4.69, 9.17) is 10.5 Å². The third-order valence-corrected chi connectivity index (χ3v) is 9.51. The normalized spacial score (nSPS) is 19.9. The van der Waals surface area contributed by atoms with Gasteiger partial charge >= 0.3 is 12.1 Å². The number of ether oxygens (including phenoxy) is 1. The van der Waals surface area contributed by atoms with E-state index in [1.54, 1.807) is 27.7 Å². The van der Waals surface area contributed by atoms with Gasteiger partial charge in [0.25, 0.3) is 0 Å². The van der Waals surface area contributed by atoms with E-state index in [0.717, 1.165) is 22.5 Å². The molecule has 0 spiro atoms. The van der Waals surface area contributed by atoms with Crippen molar-refractivity contribution in [2.75, 3.05) is 23.8 Å². The summed E-state index contributed by atoms with van der Waals surface area (Å²) in [5.41, 5.74) is 9.14. The van der Waals surface area contributed by atoms with Crippen LogP contribution in [0.5, 0.6) is 0 Å². The molecule has 0 bridgehead atoms. The minimum absolute atomic E-state index is 0.0183. The van der Waals surface area contributed by atoms with Gasteiger partial charge in [-0.25, -0.2) is 9.78 Å². The van der Waals surface area contributed by atoms with Gasteiger partial charge in [0, 0.05) is 47.9 Å². The number of aromatic carboxylic acids is 1. The molecular formula is C30H30F3N5O4S. The summed E-state index contributed by atoms with van der Waals surface area (Å²) < 4.78 is 46.9. The number of thiophene rings is 1. The third-order valence-electron chi connectivity index (χ3n) is 8.35. The minimum Gasteiger partial charge on any atom is -0.477 e. The van der Waals surface area contributed by atoms with Crippen molar-refractivity contribution in [2.45, 2.75) is 50.7 Å². The first kappa shape index (κ1) is 29.1. The SMILES string of the molecule is Nc1ccnc2cc(-c3ccc(-c4cc(N(C(=O)[C@H]5CC[C@H](C(F)(F)F)CC5)C5CCOCC5)c(C(=O)O)s4)cc3)nn12. The molecule has 6 rings (SSSR count). The summed E-state index contributed by atoms with van der Waals surface area (Å²) in [6.07, 6.45) is -1.62. The number of hydrogen-bond acceptors (Lipinski definition) is 7. The van der Waals surface area contributed by atoms with E-state index < -0.39 is 24.0 Å². The van der Waals surface area contributed by atoms with Crippen molar-refractivity contribution in [3.05, 3.63) is 53.5 Å². The molecule has 1 aromatic carbocycles. The van der Waals surface area contributed by atoms with Crippen LogP contribution in [0.15, 0.2) is 48.7 Å². The smallest absolute Gasteiger partial charge is 0.391 e. The molecule has 4 aromatic rings. The van der Waals surface area contributed by atoms with Crippen molar-refractivity contribution in [1.29, 1.82) is 0 Å². The molecule has 4 heterocycles. The monoisotopic (exact) mass is 613 g/mol. The van der Waals surface area contributed by atoms with Crippen LogP contribution in [0.1, 0.15) is 48.2 Å². The van der Waals surface area contributed by atoms with Crippen molar-refractivity contribution >= 4 is 40.4 Å². The van der Waals surface area contributed by atoms with Gasteiger partial charge in [-0.05, 0) is 56.2 Å². The van der Waals surface area contributed by atoms with E-state index in [1.165, 1.54) is 0 Å². The second-order valence-electron chi connectivity index (χ2n) is 11.0. The number of carbonyl (C=O) groups excluding carboxylic acids is 1. The second kappa shape index (κ2) is 11.6. The third kappa shape index (κ3) is 5.83. The van der Waals surface area contributed by atoms with Crippen molar-refractivity contribution < 1.29 is 32.6 Å². The zero-order valence-electron chi connectivity index (χ0n) is 23.1. The number of nitrogen functional groups attached to an aromatic ring is 1. The van der Waals surface area contributed by atoms with Gasteiger partial charge in [0.05, 0.1) is 17.3 Å². The van der Waals surface area contributed by atoms with Gasteiger partial charge in [-0.2, -0.15) is 22.8 Å². The lowest BCUT2D eigenvalue weighted by molar-refractivity contribution is -0.184. The van der Waals surface area contributed by atoms with Crippen LogP contribution in [-0.2, 0) is 9.53 Å². The van der Waals surface area contributed by atoms with Crippen LogP contribution in [-0.4, -0.2) is 57.0 Å². The molecule has 1 aliphatic carbocycles. The number of carboxylic acids is 1.